The largest absolute Gasteiger partial charge is 0.330 e. The summed E-state index contributed by atoms with van der Waals surface area (Å²) >= 11 is 12.6. The maximum Gasteiger partial charge on any atom is 0.229 e. The van der Waals surface area contributed by atoms with Crippen molar-refractivity contribution >= 4 is 39.1 Å². The summed E-state index contributed by atoms with van der Waals surface area (Å²) in [6, 6.07) is 8.74. The van der Waals surface area contributed by atoms with Crippen LogP contribution >= 0.6 is 23.2 Å². The van der Waals surface area contributed by atoms with E-state index in [2.05, 4.69) is 16.3 Å². The molecule has 1 unspecified atom stereocenters. The van der Waals surface area contributed by atoms with Crippen LogP contribution in [-0.4, -0.2) is 42.0 Å². The van der Waals surface area contributed by atoms with Gasteiger partial charge in [-0.25, -0.2) is 13.1 Å². The van der Waals surface area contributed by atoms with E-state index in [-0.39, 0.29) is 35.7 Å². The standard InChI is InChI=1S/C27H33Cl2N3O3S/c1-4-12-27(3)14-24(19-13-21(29)16-30-15-19)25(18-6-8-20(28)9-7-18)32(26(27)33)22(5-2)17-31-36(34,35)23-10-11-23/h4,6-9,13,15-16,22-25,31H,1,5,10-12,14,17H2,2-3H3/t22-,24?,25+,27-/m0/s1. The van der Waals surface area contributed by atoms with Crippen LogP contribution in [0.4, 0.5) is 0 Å². The fourth-order valence-corrected chi connectivity index (χ4v) is 7.06. The third-order valence-corrected chi connectivity index (χ3v) is 9.79. The summed E-state index contributed by atoms with van der Waals surface area (Å²) in [5.74, 6) is -0.125. The summed E-state index contributed by atoms with van der Waals surface area (Å²) in [6.07, 6.45) is 8.22. The molecule has 1 amide bonds. The Hall–Kier alpha value is -1.93. The van der Waals surface area contributed by atoms with Crippen LogP contribution in [0.5, 0.6) is 0 Å². The smallest absolute Gasteiger partial charge is 0.229 e. The third-order valence-electron chi connectivity index (χ3n) is 7.41. The van der Waals surface area contributed by atoms with Gasteiger partial charge in [0.1, 0.15) is 0 Å². The Morgan fingerprint density at radius 3 is 2.47 bits per heavy atom. The topological polar surface area (TPSA) is 79.4 Å². The van der Waals surface area contributed by atoms with Crippen LogP contribution in [0.15, 0.2) is 55.4 Å². The number of sulfonamides is 1. The minimum atomic E-state index is -3.40. The van der Waals surface area contributed by atoms with Crippen molar-refractivity contribution in [2.24, 2.45) is 5.41 Å². The molecule has 4 rings (SSSR count). The van der Waals surface area contributed by atoms with Gasteiger partial charge in [0.25, 0.3) is 0 Å². The number of carbonyl (C=O) groups is 1. The molecular formula is C27H33Cl2N3O3S. The van der Waals surface area contributed by atoms with Crippen LogP contribution < -0.4 is 4.72 Å². The molecule has 2 fully saturated rings. The Labute approximate surface area is 224 Å². The van der Waals surface area contributed by atoms with Gasteiger partial charge in [-0.1, -0.05) is 55.3 Å². The number of pyridine rings is 1. The number of amides is 1. The van der Waals surface area contributed by atoms with E-state index in [1.54, 1.807) is 18.5 Å². The quantitative estimate of drug-likeness (QED) is 0.375. The predicted molar refractivity (Wildman–Crippen MR) is 145 cm³/mol. The summed E-state index contributed by atoms with van der Waals surface area (Å²) in [4.78, 5) is 20.5. The van der Waals surface area contributed by atoms with Crippen molar-refractivity contribution in [3.05, 3.63) is 76.6 Å². The van der Waals surface area contributed by atoms with Crippen molar-refractivity contribution in [1.29, 1.82) is 0 Å². The Morgan fingerprint density at radius 2 is 1.89 bits per heavy atom. The van der Waals surface area contributed by atoms with E-state index in [0.29, 0.717) is 42.1 Å². The van der Waals surface area contributed by atoms with Gasteiger partial charge in [-0.15, -0.1) is 6.58 Å². The number of hydrogen-bond donors (Lipinski definition) is 1. The van der Waals surface area contributed by atoms with Gasteiger partial charge in [0.2, 0.25) is 15.9 Å². The zero-order valence-electron chi connectivity index (χ0n) is 20.7. The highest BCUT2D eigenvalue weighted by Gasteiger charge is 2.51. The Morgan fingerprint density at radius 1 is 1.19 bits per heavy atom. The molecule has 1 N–H and O–H groups in total. The molecule has 0 radical (unpaired) electrons. The van der Waals surface area contributed by atoms with Crippen LogP contribution in [0, 0.1) is 5.41 Å². The van der Waals surface area contributed by atoms with Crippen molar-refractivity contribution in [3.8, 4) is 0 Å². The number of likely N-dealkylation sites (tertiary alicyclic amines) is 1. The fourth-order valence-electron chi connectivity index (χ4n) is 5.33. The molecule has 1 aliphatic heterocycles. The summed E-state index contributed by atoms with van der Waals surface area (Å²) < 4.78 is 28.1. The van der Waals surface area contributed by atoms with Gasteiger partial charge in [-0.3, -0.25) is 9.78 Å². The average Bonchev–Trinajstić information content (AvgIpc) is 3.69. The average molecular weight is 551 g/mol. The molecule has 1 aromatic heterocycles. The summed E-state index contributed by atoms with van der Waals surface area (Å²) in [7, 11) is -3.40. The number of nitrogens with one attached hydrogen (secondary N) is 1. The molecule has 1 saturated heterocycles. The Kier molecular flexibility index (Phi) is 8.15. The van der Waals surface area contributed by atoms with Crippen molar-refractivity contribution in [3.63, 3.8) is 0 Å². The van der Waals surface area contributed by atoms with Gasteiger partial charge < -0.3 is 4.90 Å². The molecule has 2 aromatic rings. The molecule has 1 aromatic carbocycles. The van der Waals surface area contributed by atoms with Crippen molar-refractivity contribution in [1.82, 2.24) is 14.6 Å². The first-order valence-corrected chi connectivity index (χ1v) is 14.7. The molecule has 36 heavy (non-hydrogen) atoms. The number of benzene rings is 1. The molecule has 6 nitrogen and oxygen atoms in total. The Balaban J connectivity index is 1.82. The molecule has 4 atom stereocenters. The highest BCUT2D eigenvalue weighted by molar-refractivity contribution is 7.90. The van der Waals surface area contributed by atoms with Crippen LogP contribution in [0.2, 0.25) is 10.0 Å². The number of hydrogen-bond acceptors (Lipinski definition) is 4. The van der Waals surface area contributed by atoms with E-state index < -0.39 is 15.4 Å². The lowest BCUT2D eigenvalue weighted by Crippen LogP contribution is -2.57. The van der Waals surface area contributed by atoms with Crippen LogP contribution in [0.3, 0.4) is 0 Å². The minimum absolute atomic E-state index is 0.00828. The number of allylic oxidation sites excluding steroid dienone is 1. The van der Waals surface area contributed by atoms with Crippen molar-refractivity contribution in [2.45, 2.75) is 69.2 Å². The van der Waals surface area contributed by atoms with Crippen molar-refractivity contribution in [2.75, 3.05) is 6.54 Å². The molecule has 0 spiro atoms. The molecule has 194 valence electrons. The maximum absolute atomic E-state index is 14.2. The number of aromatic nitrogens is 1. The number of rotatable bonds is 10. The van der Waals surface area contributed by atoms with E-state index in [1.165, 1.54) is 0 Å². The van der Waals surface area contributed by atoms with Gasteiger partial charge in [0.15, 0.2) is 0 Å². The number of piperidine rings is 1. The summed E-state index contributed by atoms with van der Waals surface area (Å²) in [6.45, 7) is 8.02. The second kappa shape index (κ2) is 10.8. The molecule has 2 heterocycles. The van der Waals surface area contributed by atoms with Gasteiger partial charge in [0.05, 0.1) is 21.7 Å². The van der Waals surface area contributed by atoms with Crippen LogP contribution in [0.25, 0.3) is 0 Å². The lowest BCUT2D eigenvalue weighted by Gasteiger charge is -2.52. The lowest BCUT2D eigenvalue weighted by molar-refractivity contribution is -0.154. The molecular weight excluding hydrogens is 517 g/mol. The predicted octanol–water partition coefficient (Wildman–Crippen LogP) is 5.89. The molecule has 9 heteroatoms. The van der Waals surface area contributed by atoms with Gasteiger partial charge in [0, 0.05) is 35.9 Å². The Bertz CT molecular complexity index is 1220. The lowest BCUT2D eigenvalue weighted by atomic mass is 9.67. The van der Waals surface area contributed by atoms with Crippen LogP contribution in [0.1, 0.15) is 69.0 Å². The second-order valence-corrected chi connectivity index (χ2v) is 13.1. The number of carbonyl (C=O) groups excluding carboxylic acids is 1. The molecule has 2 aliphatic rings. The van der Waals surface area contributed by atoms with Gasteiger partial charge in [-0.05, 0) is 61.4 Å². The zero-order chi connectivity index (χ0) is 26.1. The highest BCUT2D eigenvalue weighted by Crippen LogP contribution is 2.52. The van der Waals surface area contributed by atoms with E-state index in [1.807, 2.05) is 49.1 Å². The van der Waals surface area contributed by atoms with E-state index in [9.17, 15) is 13.2 Å². The highest BCUT2D eigenvalue weighted by atomic mass is 35.5. The third kappa shape index (κ3) is 5.64. The van der Waals surface area contributed by atoms with Crippen molar-refractivity contribution < 1.29 is 13.2 Å². The first kappa shape index (κ1) is 27.1. The maximum atomic E-state index is 14.2. The van der Waals surface area contributed by atoms with E-state index in [0.717, 1.165) is 11.1 Å². The first-order valence-electron chi connectivity index (χ1n) is 12.4. The fraction of sp³-hybridized carbons (Fsp3) is 0.481. The van der Waals surface area contributed by atoms with E-state index in [4.69, 9.17) is 23.2 Å². The summed E-state index contributed by atoms with van der Waals surface area (Å²) in [5, 5.41) is 0.810. The summed E-state index contributed by atoms with van der Waals surface area (Å²) in [5.41, 5.74) is 1.16. The monoisotopic (exact) mass is 549 g/mol. The zero-order valence-corrected chi connectivity index (χ0v) is 23.0. The molecule has 0 bridgehead atoms. The number of nitrogens with zero attached hydrogens (tertiary/aromatic N) is 2. The second-order valence-electron chi connectivity index (χ2n) is 10.2. The minimum Gasteiger partial charge on any atom is -0.330 e. The normalized spacial score (nSPS) is 25.6. The molecule has 1 saturated carbocycles. The van der Waals surface area contributed by atoms with E-state index >= 15 is 0 Å². The van der Waals surface area contributed by atoms with Gasteiger partial charge in [-0.2, -0.15) is 0 Å². The SMILES string of the molecule is C=CC[C@@]1(C)CC(c2cncc(Cl)c2)[C@@H](c2ccc(Cl)cc2)N([C@@H](CC)CNS(=O)(=O)C2CC2)C1=O. The van der Waals surface area contributed by atoms with Crippen LogP contribution in [-0.2, 0) is 14.8 Å². The first-order chi connectivity index (χ1) is 17.1. The van der Waals surface area contributed by atoms with Gasteiger partial charge >= 0.3 is 0 Å². The molecule has 1 aliphatic carbocycles. The number of halogens is 2.